The molecule has 1 heteroatoms. The molecule has 0 atom stereocenters. The Morgan fingerprint density at radius 2 is 1.42 bits per heavy atom. The fraction of sp³-hybridized carbons (Fsp3) is 0.222. The van der Waals surface area contributed by atoms with Gasteiger partial charge in [0.05, 0.1) is 8.07 Å². The molecule has 0 aliphatic rings. The van der Waals surface area contributed by atoms with Crippen LogP contribution in [0, 0.1) is 0 Å². The van der Waals surface area contributed by atoms with Crippen LogP contribution in [0.25, 0.3) is 11.3 Å². The Hall–Kier alpha value is -1.60. The first-order valence-corrected chi connectivity index (χ1v) is 10.2. The van der Waals surface area contributed by atoms with Crippen LogP contribution in [0.2, 0.25) is 19.1 Å². The average Bonchev–Trinajstić information content (AvgIpc) is 2.46. The quantitative estimate of drug-likeness (QED) is 0.506. The van der Waals surface area contributed by atoms with E-state index in [2.05, 4.69) is 86.8 Å². The molecule has 0 heterocycles. The third kappa shape index (κ3) is 3.45. The molecule has 19 heavy (non-hydrogen) atoms. The lowest BCUT2D eigenvalue weighted by Crippen LogP contribution is -2.26. The van der Waals surface area contributed by atoms with Gasteiger partial charge < -0.3 is 0 Å². The van der Waals surface area contributed by atoms with Gasteiger partial charge in [-0.25, -0.2) is 0 Å². The maximum Gasteiger partial charge on any atom is 0.0811 e. The van der Waals surface area contributed by atoms with Gasteiger partial charge in [-0.05, 0) is 11.1 Å². The van der Waals surface area contributed by atoms with Gasteiger partial charge in [-0.15, -0.1) is 0 Å². The van der Waals surface area contributed by atoms with Crippen LogP contribution in [0.1, 0.15) is 18.1 Å². The van der Waals surface area contributed by atoms with Crippen LogP contribution in [0.5, 0.6) is 0 Å². The first kappa shape index (κ1) is 13.8. The largest absolute Gasteiger partial charge is 0.0811 e. The van der Waals surface area contributed by atoms with Gasteiger partial charge in [-0.3, -0.25) is 0 Å². The molecule has 0 nitrogen and oxygen atoms in total. The second-order valence-corrected chi connectivity index (χ2v) is 10.6. The number of hydrogen-bond acceptors (Lipinski definition) is 0. The minimum absolute atomic E-state index is 1.26. The molecule has 2 aromatic rings. The van der Waals surface area contributed by atoms with Crippen molar-refractivity contribution < 1.29 is 0 Å². The predicted molar refractivity (Wildman–Crippen MR) is 88.7 cm³/mol. The van der Waals surface area contributed by atoms with E-state index < -0.39 is 8.07 Å². The monoisotopic (exact) mass is 266 g/mol. The van der Waals surface area contributed by atoms with E-state index in [1.165, 1.54) is 17.2 Å². The molecule has 0 aliphatic carbocycles. The molecule has 2 aromatic carbocycles. The lowest BCUT2D eigenvalue weighted by Gasteiger charge is -2.25. The maximum absolute atomic E-state index is 2.45. The van der Waals surface area contributed by atoms with Crippen molar-refractivity contribution in [1.82, 2.24) is 0 Å². The van der Waals surface area contributed by atoms with Crippen molar-refractivity contribution in [3.8, 4) is 0 Å². The van der Waals surface area contributed by atoms with Gasteiger partial charge >= 0.3 is 0 Å². The molecule has 0 fully saturated rings. The lowest BCUT2D eigenvalue weighted by atomic mass is 10.1. The van der Waals surface area contributed by atoms with E-state index in [-0.39, 0.29) is 0 Å². The van der Waals surface area contributed by atoms with E-state index in [1.807, 2.05) is 0 Å². The summed E-state index contributed by atoms with van der Waals surface area (Å²) in [5, 5.41) is 1.54. The summed E-state index contributed by atoms with van der Waals surface area (Å²) in [6.07, 6.45) is 2.38. The van der Waals surface area contributed by atoms with Crippen LogP contribution in [0.15, 0.2) is 60.7 Å². The molecule has 0 unspecified atom stereocenters. The second-order valence-electron chi connectivity index (χ2n) is 5.57. The highest BCUT2D eigenvalue weighted by Gasteiger charge is 2.24. The highest BCUT2D eigenvalue weighted by atomic mass is 28.3. The van der Waals surface area contributed by atoms with Gasteiger partial charge in [-0.1, -0.05) is 98.0 Å². The number of benzene rings is 2. The van der Waals surface area contributed by atoms with E-state index in [9.17, 15) is 0 Å². The van der Waals surface area contributed by atoms with Gasteiger partial charge in [0, 0.05) is 0 Å². The third-order valence-corrected chi connectivity index (χ3v) is 7.47. The Labute approximate surface area is 117 Å². The topological polar surface area (TPSA) is 0 Å². The Morgan fingerprint density at radius 3 is 1.95 bits per heavy atom. The molecule has 0 saturated carbocycles. The fourth-order valence-corrected chi connectivity index (χ4v) is 4.08. The van der Waals surface area contributed by atoms with E-state index in [0.29, 0.717) is 0 Å². The molecular weight excluding hydrogens is 244 g/mol. The van der Waals surface area contributed by atoms with Crippen LogP contribution < -0.4 is 0 Å². The standard InChI is InChI=1S/C18H22Si/c1-4-19(2,3)18(17-13-9-6-10-14-17)15-16-11-7-5-8-12-16/h5-15H,4H2,1-3H3/b18-15-. The van der Waals surface area contributed by atoms with Gasteiger partial charge in [0.1, 0.15) is 0 Å². The van der Waals surface area contributed by atoms with Crippen molar-refractivity contribution >= 4 is 19.3 Å². The normalized spacial score (nSPS) is 12.5. The summed E-state index contributed by atoms with van der Waals surface area (Å²) in [7, 11) is -1.37. The summed E-state index contributed by atoms with van der Waals surface area (Å²) in [6.45, 7) is 7.22. The lowest BCUT2D eigenvalue weighted by molar-refractivity contribution is 1.38. The maximum atomic E-state index is 2.45. The van der Waals surface area contributed by atoms with Gasteiger partial charge in [0.15, 0.2) is 0 Å². The molecule has 0 aromatic heterocycles. The Morgan fingerprint density at radius 1 is 0.895 bits per heavy atom. The molecule has 0 aliphatic heterocycles. The van der Waals surface area contributed by atoms with Crippen molar-refractivity contribution in [2.75, 3.05) is 0 Å². The van der Waals surface area contributed by atoms with Crippen molar-refractivity contribution in [1.29, 1.82) is 0 Å². The Kier molecular flexibility index (Phi) is 4.38. The fourth-order valence-electron chi connectivity index (χ4n) is 2.19. The van der Waals surface area contributed by atoms with Crippen LogP contribution in [0.3, 0.4) is 0 Å². The number of hydrogen-bond donors (Lipinski definition) is 0. The molecule has 2 rings (SSSR count). The predicted octanol–water partition coefficient (Wildman–Crippen LogP) is 5.49. The average molecular weight is 266 g/mol. The highest BCUT2D eigenvalue weighted by molar-refractivity contribution is 6.95. The van der Waals surface area contributed by atoms with E-state index >= 15 is 0 Å². The van der Waals surface area contributed by atoms with E-state index in [1.54, 1.807) is 5.20 Å². The van der Waals surface area contributed by atoms with Gasteiger partial charge in [0.2, 0.25) is 0 Å². The van der Waals surface area contributed by atoms with Crippen LogP contribution in [-0.2, 0) is 0 Å². The van der Waals surface area contributed by atoms with E-state index in [4.69, 9.17) is 0 Å². The smallest absolute Gasteiger partial charge is 0.0675 e. The molecule has 0 radical (unpaired) electrons. The van der Waals surface area contributed by atoms with E-state index in [0.717, 1.165) is 0 Å². The minimum Gasteiger partial charge on any atom is -0.0675 e. The number of rotatable bonds is 4. The zero-order valence-corrected chi connectivity index (χ0v) is 13.1. The SMILES string of the molecule is CC[Si](C)(C)/C(=C\c1ccccc1)c1ccccc1. The molecule has 0 saturated heterocycles. The summed E-state index contributed by atoms with van der Waals surface area (Å²) in [4.78, 5) is 0. The molecule has 0 spiro atoms. The third-order valence-electron chi connectivity index (χ3n) is 3.81. The zero-order valence-electron chi connectivity index (χ0n) is 12.1. The van der Waals surface area contributed by atoms with Crippen LogP contribution in [-0.4, -0.2) is 8.07 Å². The Balaban J connectivity index is 2.50. The first-order chi connectivity index (χ1) is 9.13. The molecular formula is C18H22Si. The first-order valence-electron chi connectivity index (χ1n) is 6.96. The summed E-state index contributed by atoms with van der Waals surface area (Å²) < 4.78 is 0. The Bertz CT molecular complexity index is 538. The summed E-state index contributed by atoms with van der Waals surface area (Å²) in [5.41, 5.74) is 2.68. The molecule has 0 amide bonds. The van der Waals surface area contributed by atoms with Gasteiger partial charge in [0.25, 0.3) is 0 Å². The highest BCUT2D eigenvalue weighted by Crippen LogP contribution is 2.30. The molecule has 0 N–H and O–H groups in total. The minimum atomic E-state index is -1.37. The summed E-state index contributed by atoms with van der Waals surface area (Å²) in [5.74, 6) is 0. The summed E-state index contributed by atoms with van der Waals surface area (Å²) in [6, 6.07) is 22.7. The second kappa shape index (κ2) is 6.03. The van der Waals surface area contributed by atoms with Gasteiger partial charge in [-0.2, -0.15) is 0 Å². The van der Waals surface area contributed by atoms with Crippen molar-refractivity contribution in [2.45, 2.75) is 26.1 Å². The van der Waals surface area contributed by atoms with Crippen molar-refractivity contribution in [2.24, 2.45) is 0 Å². The summed E-state index contributed by atoms with van der Waals surface area (Å²) >= 11 is 0. The van der Waals surface area contributed by atoms with Crippen LogP contribution >= 0.6 is 0 Å². The van der Waals surface area contributed by atoms with Crippen molar-refractivity contribution in [3.05, 3.63) is 71.8 Å². The van der Waals surface area contributed by atoms with Crippen LogP contribution in [0.4, 0.5) is 0 Å². The van der Waals surface area contributed by atoms with Crippen molar-refractivity contribution in [3.63, 3.8) is 0 Å². The molecule has 98 valence electrons. The molecule has 0 bridgehead atoms. The zero-order chi connectivity index (χ0) is 13.7.